The molecule has 1 saturated carbocycles. The van der Waals surface area contributed by atoms with Crippen LogP contribution in [0.5, 0.6) is 0 Å². The van der Waals surface area contributed by atoms with Gasteiger partial charge in [0.1, 0.15) is 6.61 Å². The maximum atomic E-state index is 11.1. The van der Waals surface area contributed by atoms with Crippen molar-refractivity contribution in [3.8, 4) is 0 Å². The minimum atomic E-state index is -0.0891. The normalized spacial score (nSPS) is 18.8. The first-order valence-corrected chi connectivity index (χ1v) is 4.31. The first-order valence-electron chi connectivity index (χ1n) is 4.31. The van der Waals surface area contributed by atoms with Crippen molar-refractivity contribution >= 4 is 5.91 Å². The molecule has 0 spiro atoms. The summed E-state index contributed by atoms with van der Waals surface area (Å²) in [5.41, 5.74) is 5.40. The van der Waals surface area contributed by atoms with Gasteiger partial charge in [-0.1, -0.05) is 0 Å². The van der Waals surface area contributed by atoms with Crippen LogP contribution >= 0.6 is 0 Å². The zero-order valence-corrected chi connectivity index (χ0v) is 7.43. The molecule has 0 unspecified atom stereocenters. The zero-order valence-electron chi connectivity index (χ0n) is 7.43. The fourth-order valence-electron chi connectivity index (χ4n) is 1.06. The average Bonchev–Trinajstić information content (AvgIpc) is 2.82. The molecule has 3 N–H and O–H groups in total. The lowest BCUT2D eigenvalue weighted by molar-refractivity contribution is -0.126. The van der Waals surface area contributed by atoms with Gasteiger partial charge in [-0.05, 0) is 19.8 Å². The summed E-state index contributed by atoms with van der Waals surface area (Å²) in [5.74, 6) is -0.0557. The molecule has 1 aliphatic carbocycles. The van der Waals surface area contributed by atoms with Gasteiger partial charge in [0.05, 0.1) is 5.54 Å². The third kappa shape index (κ3) is 2.46. The minimum absolute atomic E-state index is 0.0557. The van der Waals surface area contributed by atoms with Crippen molar-refractivity contribution in [3.05, 3.63) is 0 Å². The SMILES string of the molecule is CCOCC(=O)NC1(CN)CC1. The van der Waals surface area contributed by atoms with E-state index in [2.05, 4.69) is 5.32 Å². The van der Waals surface area contributed by atoms with E-state index in [0.29, 0.717) is 13.2 Å². The number of rotatable bonds is 5. The minimum Gasteiger partial charge on any atom is -0.372 e. The third-order valence-electron chi connectivity index (χ3n) is 2.09. The van der Waals surface area contributed by atoms with Crippen molar-refractivity contribution in [1.29, 1.82) is 0 Å². The standard InChI is InChI=1S/C8H16N2O2/c1-2-12-5-7(11)10-8(6-9)3-4-8/h2-6,9H2,1H3,(H,10,11). The molecule has 1 rings (SSSR count). The highest BCUT2D eigenvalue weighted by atomic mass is 16.5. The van der Waals surface area contributed by atoms with Gasteiger partial charge >= 0.3 is 0 Å². The lowest BCUT2D eigenvalue weighted by Crippen LogP contribution is -2.43. The lowest BCUT2D eigenvalue weighted by Gasteiger charge is -2.14. The van der Waals surface area contributed by atoms with Gasteiger partial charge in [0.15, 0.2) is 0 Å². The van der Waals surface area contributed by atoms with E-state index in [0.717, 1.165) is 12.8 Å². The quantitative estimate of drug-likeness (QED) is 0.594. The fraction of sp³-hybridized carbons (Fsp3) is 0.875. The highest BCUT2D eigenvalue weighted by Gasteiger charge is 2.42. The molecule has 0 aromatic carbocycles. The monoisotopic (exact) mass is 172 g/mol. The van der Waals surface area contributed by atoms with Crippen molar-refractivity contribution < 1.29 is 9.53 Å². The van der Waals surface area contributed by atoms with Crippen LogP contribution in [0.25, 0.3) is 0 Å². The molecule has 1 amide bonds. The van der Waals surface area contributed by atoms with E-state index in [4.69, 9.17) is 10.5 Å². The maximum absolute atomic E-state index is 11.1. The van der Waals surface area contributed by atoms with E-state index in [1.165, 1.54) is 0 Å². The number of amides is 1. The fourth-order valence-corrected chi connectivity index (χ4v) is 1.06. The Labute approximate surface area is 72.5 Å². The molecule has 70 valence electrons. The Morgan fingerprint density at radius 3 is 2.75 bits per heavy atom. The van der Waals surface area contributed by atoms with Crippen molar-refractivity contribution in [3.63, 3.8) is 0 Å². The van der Waals surface area contributed by atoms with Crippen LogP contribution in [0.4, 0.5) is 0 Å². The highest BCUT2D eigenvalue weighted by Crippen LogP contribution is 2.33. The molecule has 0 aromatic heterocycles. The van der Waals surface area contributed by atoms with Gasteiger partial charge in [-0.25, -0.2) is 0 Å². The van der Waals surface area contributed by atoms with E-state index in [1.54, 1.807) is 0 Å². The molecule has 0 bridgehead atoms. The summed E-state index contributed by atoms with van der Waals surface area (Å²) in [7, 11) is 0. The van der Waals surface area contributed by atoms with E-state index in [-0.39, 0.29) is 18.1 Å². The molecule has 0 radical (unpaired) electrons. The molecular formula is C8H16N2O2. The third-order valence-corrected chi connectivity index (χ3v) is 2.09. The highest BCUT2D eigenvalue weighted by molar-refractivity contribution is 5.78. The van der Waals surface area contributed by atoms with Crippen molar-refractivity contribution in [2.75, 3.05) is 19.8 Å². The largest absolute Gasteiger partial charge is 0.372 e. The topological polar surface area (TPSA) is 64.3 Å². The number of carbonyl (C=O) groups excluding carboxylic acids is 1. The first kappa shape index (κ1) is 9.48. The van der Waals surface area contributed by atoms with E-state index in [1.807, 2.05) is 6.92 Å². The van der Waals surface area contributed by atoms with Crippen LogP contribution in [-0.4, -0.2) is 31.2 Å². The molecule has 1 aliphatic rings. The van der Waals surface area contributed by atoms with Gasteiger partial charge in [0.2, 0.25) is 5.91 Å². The second-order valence-corrected chi connectivity index (χ2v) is 3.17. The summed E-state index contributed by atoms with van der Waals surface area (Å²) in [6, 6.07) is 0. The number of hydrogen-bond donors (Lipinski definition) is 2. The predicted octanol–water partition coefficient (Wildman–Crippen LogP) is -0.370. The Kier molecular flexibility index (Phi) is 3.05. The predicted molar refractivity (Wildman–Crippen MR) is 45.7 cm³/mol. The first-order chi connectivity index (χ1) is 5.72. The van der Waals surface area contributed by atoms with Crippen LogP contribution in [-0.2, 0) is 9.53 Å². The molecule has 4 nitrogen and oxygen atoms in total. The Morgan fingerprint density at radius 1 is 1.67 bits per heavy atom. The van der Waals surface area contributed by atoms with Crippen molar-refractivity contribution in [2.45, 2.75) is 25.3 Å². The van der Waals surface area contributed by atoms with Gasteiger partial charge < -0.3 is 15.8 Å². The van der Waals surface area contributed by atoms with Crippen LogP contribution < -0.4 is 11.1 Å². The zero-order chi connectivity index (χ0) is 9.03. The van der Waals surface area contributed by atoms with Crippen LogP contribution in [0.2, 0.25) is 0 Å². The van der Waals surface area contributed by atoms with E-state index in [9.17, 15) is 4.79 Å². The Hall–Kier alpha value is -0.610. The van der Waals surface area contributed by atoms with E-state index < -0.39 is 0 Å². The Balaban J connectivity index is 2.17. The van der Waals surface area contributed by atoms with Crippen LogP contribution in [0.3, 0.4) is 0 Å². The van der Waals surface area contributed by atoms with Gasteiger partial charge in [0.25, 0.3) is 0 Å². The molecule has 0 heterocycles. The summed E-state index contributed by atoms with van der Waals surface area (Å²) in [6.45, 7) is 3.12. The second-order valence-electron chi connectivity index (χ2n) is 3.17. The number of carbonyl (C=O) groups is 1. The maximum Gasteiger partial charge on any atom is 0.246 e. The molecule has 0 aliphatic heterocycles. The Bertz CT molecular complexity index is 166. The number of nitrogens with one attached hydrogen (secondary N) is 1. The summed E-state index contributed by atoms with van der Waals surface area (Å²) in [4.78, 5) is 11.1. The summed E-state index contributed by atoms with van der Waals surface area (Å²) in [6.07, 6.45) is 2.00. The lowest BCUT2D eigenvalue weighted by atomic mass is 10.3. The molecule has 4 heteroatoms. The summed E-state index contributed by atoms with van der Waals surface area (Å²) >= 11 is 0. The molecule has 0 saturated heterocycles. The molecule has 0 aromatic rings. The van der Waals surface area contributed by atoms with Crippen molar-refractivity contribution in [1.82, 2.24) is 5.32 Å². The second kappa shape index (κ2) is 3.87. The number of ether oxygens (including phenoxy) is 1. The number of hydrogen-bond acceptors (Lipinski definition) is 3. The Morgan fingerprint density at radius 2 is 2.33 bits per heavy atom. The van der Waals surface area contributed by atoms with Gasteiger partial charge in [-0.2, -0.15) is 0 Å². The van der Waals surface area contributed by atoms with Gasteiger partial charge in [-0.15, -0.1) is 0 Å². The smallest absolute Gasteiger partial charge is 0.246 e. The van der Waals surface area contributed by atoms with Gasteiger partial charge in [0, 0.05) is 13.2 Å². The van der Waals surface area contributed by atoms with Crippen LogP contribution in [0, 0.1) is 0 Å². The summed E-state index contributed by atoms with van der Waals surface area (Å²) < 4.78 is 4.96. The van der Waals surface area contributed by atoms with Crippen LogP contribution in [0.1, 0.15) is 19.8 Å². The van der Waals surface area contributed by atoms with Crippen molar-refractivity contribution in [2.24, 2.45) is 5.73 Å². The molecular weight excluding hydrogens is 156 g/mol. The summed E-state index contributed by atoms with van der Waals surface area (Å²) in [5, 5.41) is 2.86. The molecule has 12 heavy (non-hydrogen) atoms. The molecule has 1 fully saturated rings. The van der Waals surface area contributed by atoms with E-state index >= 15 is 0 Å². The van der Waals surface area contributed by atoms with Gasteiger partial charge in [-0.3, -0.25) is 4.79 Å². The molecule has 0 atom stereocenters. The number of nitrogens with two attached hydrogens (primary N) is 1. The average molecular weight is 172 g/mol. The van der Waals surface area contributed by atoms with Crippen LogP contribution in [0.15, 0.2) is 0 Å².